The summed E-state index contributed by atoms with van der Waals surface area (Å²) in [5.74, 6) is 0.803. The molecule has 0 saturated heterocycles. The number of fused-ring (bicyclic) bond motifs is 1. The van der Waals surface area contributed by atoms with Gasteiger partial charge in [-0.1, -0.05) is 34.1 Å². The number of halogens is 1. The van der Waals surface area contributed by atoms with Gasteiger partial charge in [0, 0.05) is 10.0 Å². The number of hydrogen-bond donors (Lipinski definition) is 2. The summed E-state index contributed by atoms with van der Waals surface area (Å²) in [5, 5.41) is 5.54. The van der Waals surface area contributed by atoms with Crippen LogP contribution >= 0.6 is 15.9 Å². The van der Waals surface area contributed by atoms with E-state index in [1.807, 2.05) is 38.1 Å². The largest absolute Gasteiger partial charge is 0.486 e. The van der Waals surface area contributed by atoms with Gasteiger partial charge >= 0.3 is 0 Å². The minimum Gasteiger partial charge on any atom is -0.486 e. The maximum Gasteiger partial charge on any atom is 0.251 e. The number of carbonyl (C=O) groups excluding carboxylic acids is 2. The van der Waals surface area contributed by atoms with E-state index in [-0.39, 0.29) is 24.4 Å². The number of nitrogens with one attached hydrogen (secondary N) is 2. The van der Waals surface area contributed by atoms with Gasteiger partial charge in [-0.25, -0.2) is 0 Å². The molecule has 1 aliphatic heterocycles. The van der Waals surface area contributed by atoms with Crippen LogP contribution in [0.4, 0.5) is 0 Å². The Bertz CT molecular complexity index is 869. The molecule has 0 aromatic heterocycles. The Morgan fingerprint density at radius 1 is 1.15 bits per heavy atom. The van der Waals surface area contributed by atoms with E-state index in [9.17, 15) is 9.59 Å². The van der Waals surface area contributed by atoms with Gasteiger partial charge in [0.1, 0.15) is 13.2 Å². The van der Waals surface area contributed by atoms with Gasteiger partial charge in [0.05, 0.1) is 12.6 Å². The van der Waals surface area contributed by atoms with Crippen LogP contribution in [0.3, 0.4) is 0 Å². The first kappa shape index (κ1) is 19.2. The molecule has 7 heteroatoms. The molecule has 1 unspecified atom stereocenters. The van der Waals surface area contributed by atoms with Gasteiger partial charge in [0.2, 0.25) is 5.91 Å². The normalized spacial score (nSPS) is 13.6. The van der Waals surface area contributed by atoms with Crippen molar-refractivity contribution in [2.45, 2.75) is 19.9 Å². The Balaban J connectivity index is 1.59. The first-order valence-electron chi connectivity index (χ1n) is 8.68. The van der Waals surface area contributed by atoms with Crippen LogP contribution < -0.4 is 20.1 Å². The molecule has 2 aromatic carbocycles. The molecule has 0 fully saturated rings. The van der Waals surface area contributed by atoms with Crippen molar-refractivity contribution in [3.05, 3.63) is 57.6 Å². The van der Waals surface area contributed by atoms with Crippen molar-refractivity contribution in [2.24, 2.45) is 0 Å². The summed E-state index contributed by atoms with van der Waals surface area (Å²) in [5.41, 5.74) is 2.30. The molecular weight excluding hydrogens is 412 g/mol. The van der Waals surface area contributed by atoms with Crippen LogP contribution in [0.5, 0.6) is 11.5 Å². The van der Waals surface area contributed by atoms with E-state index in [1.165, 1.54) is 0 Å². The van der Waals surface area contributed by atoms with Gasteiger partial charge in [0.25, 0.3) is 5.91 Å². The second kappa shape index (κ2) is 8.43. The lowest BCUT2D eigenvalue weighted by Crippen LogP contribution is -2.38. The van der Waals surface area contributed by atoms with E-state index >= 15 is 0 Å². The molecular formula is C20H21BrN2O4. The second-order valence-electron chi connectivity index (χ2n) is 6.30. The molecule has 0 aliphatic carbocycles. The van der Waals surface area contributed by atoms with Crippen molar-refractivity contribution in [1.29, 1.82) is 0 Å². The Labute approximate surface area is 166 Å². The van der Waals surface area contributed by atoms with E-state index in [0.717, 1.165) is 15.6 Å². The van der Waals surface area contributed by atoms with Crippen LogP contribution in [-0.2, 0) is 4.79 Å². The Kier molecular flexibility index (Phi) is 6.01. The van der Waals surface area contributed by atoms with Crippen LogP contribution in [0, 0.1) is 6.92 Å². The Morgan fingerprint density at radius 3 is 2.52 bits per heavy atom. The van der Waals surface area contributed by atoms with E-state index in [1.54, 1.807) is 12.1 Å². The molecule has 1 heterocycles. The molecule has 1 atom stereocenters. The zero-order valence-corrected chi connectivity index (χ0v) is 16.8. The Hall–Kier alpha value is -2.54. The predicted octanol–water partition coefficient (Wildman–Crippen LogP) is 3.14. The van der Waals surface area contributed by atoms with E-state index in [4.69, 9.17) is 9.47 Å². The average molecular weight is 433 g/mol. The summed E-state index contributed by atoms with van der Waals surface area (Å²) in [6.07, 6.45) is 0. The van der Waals surface area contributed by atoms with Crippen LogP contribution in [0.25, 0.3) is 0 Å². The van der Waals surface area contributed by atoms with Gasteiger partial charge in [0.15, 0.2) is 11.5 Å². The number of rotatable bonds is 5. The molecule has 1 aliphatic rings. The van der Waals surface area contributed by atoms with Gasteiger partial charge < -0.3 is 20.1 Å². The molecule has 6 nitrogen and oxygen atoms in total. The standard InChI is InChI=1S/C20H21BrN2O4/c1-12-5-3-4-6-14(12)20(25)22-11-19(24)23-13(2)15-9-17-18(10-16(15)21)27-8-7-26-17/h3-6,9-10,13H,7-8,11H2,1-2H3,(H,22,25)(H,23,24). The molecule has 0 bridgehead atoms. The number of ether oxygens (including phenoxy) is 2. The van der Waals surface area contributed by atoms with E-state index in [0.29, 0.717) is 30.3 Å². The topological polar surface area (TPSA) is 76.7 Å². The van der Waals surface area contributed by atoms with Crippen LogP contribution in [0.2, 0.25) is 0 Å². The number of aryl methyl sites for hydroxylation is 1. The highest BCUT2D eigenvalue weighted by Crippen LogP contribution is 2.37. The average Bonchev–Trinajstić information content (AvgIpc) is 2.65. The lowest BCUT2D eigenvalue weighted by atomic mass is 10.1. The number of carbonyl (C=O) groups is 2. The molecule has 2 aromatic rings. The Morgan fingerprint density at radius 2 is 1.81 bits per heavy atom. The third kappa shape index (κ3) is 4.60. The summed E-state index contributed by atoms with van der Waals surface area (Å²) in [6, 6.07) is 10.7. The van der Waals surface area contributed by atoms with Crippen molar-refractivity contribution in [3.63, 3.8) is 0 Å². The van der Waals surface area contributed by atoms with Crippen LogP contribution in [0.15, 0.2) is 40.9 Å². The number of benzene rings is 2. The highest BCUT2D eigenvalue weighted by atomic mass is 79.9. The first-order valence-corrected chi connectivity index (χ1v) is 9.47. The fourth-order valence-electron chi connectivity index (χ4n) is 2.87. The highest BCUT2D eigenvalue weighted by Gasteiger charge is 2.19. The van der Waals surface area contributed by atoms with E-state index in [2.05, 4.69) is 26.6 Å². The van der Waals surface area contributed by atoms with Crippen molar-refractivity contribution in [1.82, 2.24) is 10.6 Å². The van der Waals surface area contributed by atoms with Crippen LogP contribution in [0.1, 0.15) is 34.5 Å². The molecule has 142 valence electrons. The van der Waals surface area contributed by atoms with Crippen molar-refractivity contribution >= 4 is 27.7 Å². The summed E-state index contributed by atoms with van der Waals surface area (Å²) in [4.78, 5) is 24.5. The summed E-state index contributed by atoms with van der Waals surface area (Å²) < 4.78 is 12.0. The number of amides is 2. The van der Waals surface area contributed by atoms with E-state index < -0.39 is 0 Å². The highest BCUT2D eigenvalue weighted by molar-refractivity contribution is 9.10. The molecule has 3 rings (SSSR count). The van der Waals surface area contributed by atoms with Crippen LogP contribution in [-0.4, -0.2) is 31.6 Å². The first-order chi connectivity index (χ1) is 13.0. The maximum absolute atomic E-state index is 12.3. The van der Waals surface area contributed by atoms with Gasteiger partial charge in [-0.15, -0.1) is 0 Å². The molecule has 0 radical (unpaired) electrons. The summed E-state index contributed by atoms with van der Waals surface area (Å²) >= 11 is 3.51. The van der Waals surface area contributed by atoms with Crippen molar-refractivity contribution in [2.75, 3.05) is 19.8 Å². The third-order valence-corrected chi connectivity index (χ3v) is 4.99. The molecule has 2 N–H and O–H groups in total. The van der Waals surface area contributed by atoms with Crippen molar-refractivity contribution in [3.8, 4) is 11.5 Å². The predicted molar refractivity (Wildman–Crippen MR) is 105 cm³/mol. The van der Waals surface area contributed by atoms with Crippen molar-refractivity contribution < 1.29 is 19.1 Å². The lowest BCUT2D eigenvalue weighted by Gasteiger charge is -2.22. The number of hydrogen-bond acceptors (Lipinski definition) is 4. The third-order valence-electron chi connectivity index (χ3n) is 4.30. The quantitative estimate of drug-likeness (QED) is 0.760. The van der Waals surface area contributed by atoms with Gasteiger partial charge in [-0.05, 0) is 43.2 Å². The second-order valence-corrected chi connectivity index (χ2v) is 7.16. The zero-order valence-electron chi connectivity index (χ0n) is 15.2. The zero-order chi connectivity index (χ0) is 19.4. The van der Waals surface area contributed by atoms with Gasteiger partial charge in [-0.2, -0.15) is 0 Å². The van der Waals surface area contributed by atoms with Gasteiger partial charge in [-0.3, -0.25) is 9.59 Å². The lowest BCUT2D eigenvalue weighted by molar-refractivity contribution is -0.120. The monoisotopic (exact) mass is 432 g/mol. The summed E-state index contributed by atoms with van der Waals surface area (Å²) in [7, 11) is 0. The summed E-state index contributed by atoms with van der Waals surface area (Å²) in [6.45, 7) is 4.65. The maximum atomic E-state index is 12.3. The molecule has 0 spiro atoms. The molecule has 2 amide bonds. The minimum absolute atomic E-state index is 0.0975. The fraction of sp³-hybridized carbons (Fsp3) is 0.300. The molecule has 0 saturated carbocycles. The molecule has 27 heavy (non-hydrogen) atoms. The smallest absolute Gasteiger partial charge is 0.251 e. The SMILES string of the molecule is Cc1ccccc1C(=O)NCC(=O)NC(C)c1cc2c(cc1Br)OCCO2. The minimum atomic E-state index is -0.272. The fourth-order valence-corrected chi connectivity index (χ4v) is 3.53.